The first-order chi connectivity index (χ1) is 7.27. The maximum atomic E-state index is 11.7. The summed E-state index contributed by atoms with van der Waals surface area (Å²) < 4.78 is 10.5. The molecule has 1 saturated heterocycles. The molecule has 0 amide bonds. The molecule has 1 aliphatic heterocycles. The number of rotatable bonds is 2. The van der Waals surface area contributed by atoms with Crippen molar-refractivity contribution >= 4 is 5.97 Å². The Balaban J connectivity index is 2.04. The van der Waals surface area contributed by atoms with E-state index in [-0.39, 0.29) is 12.1 Å². The minimum Gasteiger partial charge on any atom is -0.456 e. The van der Waals surface area contributed by atoms with Gasteiger partial charge in [-0.05, 0) is 18.6 Å². The highest BCUT2D eigenvalue weighted by Crippen LogP contribution is 2.14. The van der Waals surface area contributed by atoms with Gasteiger partial charge in [-0.25, -0.2) is 4.79 Å². The zero-order valence-electron chi connectivity index (χ0n) is 8.73. The minimum absolute atomic E-state index is 0.0721. The molecule has 3 nitrogen and oxygen atoms in total. The van der Waals surface area contributed by atoms with Crippen molar-refractivity contribution in [2.45, 2.75) is 19.4 Å². The van der Waals surface area contributed by atoms with Gasteiger partial charge >= 0.3 is 5.97 Å². The van der Waals surface area contributed by atoms with Gasteiger partial charge in [0.2, 0.25) is 0 Å². The topological polar surface area (TPSA) is 35.5 Å². The highest BCUT2D eigenvalue weighted by atomic mass is 16.6. The fourth-order valence-corrected chi connectivity index (χ4v) is 1.62. The summed E-state index contributed by atoms with van der Waals surface area (Å²) in [5, 5.41) is 0. The maximum absolute atomic E-state index is 11.7. The Morgan fingerprint density at radius 2 is 2.27 bits per heavy atom. The van der Waals surface area contributed by atoms with Gasteiger partial charge in [0.15, 0.2) is 0 Å². The van der Waals surface area contributed by atoms with Gasteiger partial charge in [0.05, 0.1) is 18.8 Å². The van der Waals surface area contributed by atoms with Crippen LogP contribution in [0.2, 0.25) is 0 Å². The van der Waals surface area contributed by atoms with Gasteiger partial charge in [0.25, 0.3) is 0 Å². The highest BCUT2D eigenvalue weighted by molar-refractivity contribution is 5.91. The predicted molar refractivity (Wildman–Crippen MR) is 55.8 cm³/mol. The van der Waals surface area contributed by atoms with Crippen molar-refractivity contribution in [3.8, 4) is 0 Å². The molecule has 1 aliphatic rings. The number of ether oxygens (including phenoxy) is 2. The van der Waals surface area contributed by atoms with E-state index in [1.54, 1.807) is 6.07 Å². The summed E-state index contributed by atoms with van der Waals surface area (Å²) in [5.41, 5.74) is 1.59. The number of benzene rings is 1. The van der Waals surface area contributed by atoms with Crippen molar-refractivity contribution in [2.75, 3.05) is 13.2 Å². The van der Waals surface area contributed by atoms with Gasteiger partial charge in [-0.2, -0.15) is 0 Å². The predicted octanol–water partition coefficient (Wildman–Crippen LogP) is 1.94. The Kier molecular flexibility index (Phi) is 3.02. The average Bonchev–Trinajstić information content (AvgIpc) is 2.71. The van der Waals surface area contributed by atoms with Crippen molar-refractivity contribution in [3.63, 3.8) is 0 Å². The van der Waals surface area contributed by atoms with E-state index in [1.165, 1.54) is 0 Å². The van der Waals surface area contributed by atoms with Crippen LogP contribution in [0, 0.1) is 6.92 Å². The van der Waals surface area contributed by atoms with Crippen LogP contribution in [0.25, 0.3) is 0 Å². The van der Waals surface area contributed by atoms with Crippen molar-refractivity contribution in [1.29, 1.82) is 0 Å². The molecule has 1 aromatic carbocycles. The summed E-state index contributed by atoms with van der Waals surface area (Å²) >= 11 is 0. The molecule has 15 heavy (non-hydrogen) atoms. The minimum atomic E-state index is -0.247. The van der Waals surface area contributed by atoms with Crippen molar-refractivity contribution < 1.29 is 14.3 Å². The van der Waals surface area contributed by atoms with Gasteiger partial charge in [0.1, 0.15) is 6.10 Å². The van der Waals surface area contributed by atoms with E-state index in [0.29, 0.717) is 18.8 Å². The number of esters is 1. The average molecular weight is 206 g/mol. The third kappa shape index (κ3) is 2.36. The molecule has 1 unspecified atom stereocenters. The molecule has 2 rings (SSSR count). The molecule has 1 aromatic rings. The first-order valence-electron chi connectivity index (χ1n) is 5.12. The lowest BCUT2D eigenvalue weighted by molar-refractivity contribution is 0.0270. The Morgan fingerprint density at radius 3 is 2.93 bits per heavy atom. The van der Waals surface area contributed by atoms with Crippen molar-refractivity contribution in [3.05, 3.63) is 35.4 Å². The molecular formula is C12H14O3. The monoisotopic (exact) mass is 206 g/mol. The summed E-state index contributed by atoms with van der Waals surface area (Å²) in [6.45, 7) is 3.12. The van der Waals surface area contributed by atoms with Crippen LogP contribution in [0.15, 0.2) is 24.3 Å². The lowest BCUT2D eigenvalue weighted by atomic mass is 10.1. The molecule has 0 spiro atoms. The van der Waals surface area contributed by atoms with Gasteiger partial charge in [-0.1, -0.05) is 18.2 Å². The highest BCUT2D eigenvalue weighted by Gasteiger charge is 2.21. The normalized spacial score (nSPS) is 20.2. The smallest absolute Gasteiger partial charge is 0.338 e. The lowest BCUT2D eigenvalue weighted by Gasteiger charge is -2.11. The van der Waals surface area contributed by atoms with Crippen LogP contribution in [0.4, 0.5) is 0 Å². The van der Waals surface area contributed by atoms with Crippen LogP contribution in [0.1, 0.15) is 22.3 Å². The van der Waals surface area contributed by atoms with Gasteiger partial charge in [0, 0.05) is 6.42 Å². The van der Waals surface area contributed by atoms with E-state index >= 15 is 0 Å². The Hall–Kier alpha value is -1.35. The standard InChI is InChI=1S/C12H14O3/c1-9-4-2-3-5-11(9)12(13)15-10-6-7-14-8-10/h2-5,10H,6-8H2,1H3. The molecule has 3 heteroatoms. The van der Waals surface area contributed by atoms with E-state index in [2.05, 4.69) is 0 Å². The summed E-state index contributed by atoms with van der Waals surface area (Å²) in [4.78, 5) is 11.7. The molecule has 0 bridgehead atoms. The zero-order valence-corrected chi connectivity index (χ0v) is 8.73. The third-order valence-corrected chi connectivity index (χ3v) is 2.53. The summed E-state index contributed by atoms with van der Waals surface area (Å²) in [5.74, 6) is -0.247. The molecule has 1 fully saturated rings. The van der Waals surface area contributed by atoms with Crippen LogP contribution < -0.4 is 0 Å². The van der Waals surface area contributed by atoms with Gasteiger partial charge in [-0.3, -0.25) is 0 Å². The molecule has 0 radical (unpaired) electrons. The Labute approximate surface area is 89.0 Å². The Morgan fingerprint density at radius 1 is 1.47 bits per heavy atom. The van der Waals surface area contributed by atoms with Crippen LogP contribution in [-0.2, 0) is 9.47 Å². The first kappa shape index (κ1) is 10.2. The fraction of sp³-hybridized carbons (Fsp3) is 0.417. The number of carbonyl (C=O) groups is 1. The Bertz CT molecular complexity index is 354. The molecule has 0 saturated carbocycles. The van der Waals surface area contributed by atoms with Gasteiger partial charge < -0.3 is 9.47 Å². The van der Waals surface area contributed by atoms with Gasteiger partial charge in [-0.15, -0.1) is 0 Å². The summed E-state index contributed by atoms with van der Waals surface area (Å²) in [6.07, 6.45) is 0.731. The van der Waals surface area contributed by atoms with E-state index in [1.807, 2.05) is 25.1 Å². The summed E-state index contributed by atoms with van der Waals surface area (Å²) in [7, 11) is 0. The van der Waals surface area contributed by atoms with E-state index in [4.69, 9.17) is 9.47 Å². The lowest BCUT2D eigenvalue weighted by Crippen LogP contribution is -2.18. The van der Waals surface area contributed by atoms with Crippen molar-refractivity contribution in [2.24, 2.45) is 0 Å². The second-order valence-electron chi connectivity index (χ2n) is 3.71. The number of hydrogen-bond acceptors (Lipinski definition) is 3. The molecular weight excluding hydrogens is 192 g/mol. The molecule has 0 aromatic heterocycles. The molecule has 0 N–H and O–H groups in total. The van der Waals surface area contributed by atoms with Crippen LogP contribution in [0.3, 0.4) is 0 Å². The second kappa shape index (κ2) is 4.45. The molecule has 1 atom stereocenters. The van der Waals surface area contributed by atoms with E-state index in [0.717, 1.165) is 12.0 Å². The zero-order chi connectivity index (χ0) is 10.7. The molecule has 80 valence electrons. The molecule has 0 aliphatic carbocycles. The largest absolute Gasteiger partial charge is 0.456 e. The molecule has 1 heterocycles. The van der Waals surface area contributed by atoms with Crippen LogP contribution in [0.5, 0.6) is 0 Å². The van der Waals surface area contributed by atoms with Crippen LogP contribution in [-0.4, -0.2) is 25.3 Å². The van der Waals surface area contributed by atoms with Crippen molar-refractivity contribution in [1.82, 2.24) is 0 Å². The van der Waals surface area contributed by atoms with Crippen LogP contribution >= 0.6 is 0 Å². The number of hydrogen-bond donors (Lipinski definition) is 0. The summed E-state index contributed by atoms with van der Waals surface area (Å²) in [6, 6.07) is 7.44. The van der Waals surface area contributed by atoms with E-state index < -0.39 is 0 Å². The maximum Gasteiger partial charge on any atom is 0.338 e. The fourth-order valence-electron chi connectivity index (χ4n) is 1.62. The van der Waals surface area contributed by atoms with E-state index in [9.17, 15) is 4.79 Å². The first-order valence-corrected chi connectivity index (χ1v) is 5.12. The number of carbonyl (C=O) groups excluding carboxylic acids is 1. The number of aryl methyl sites for hydroxylation is 1. The quantitative estimate of drug-likeness (QED) is 0.694. The third-order valence-electron chi connectivity index (χ3n) is 2.53. The second-order valence-corrected chi connectivity index (χ2v) is 3.71. The SMILES string of the molecule is Cc1ccccc1C(=O)OC1CCOC1.